The molecule has 0 aliphatic rings. The van der Waals surface area contributed by atoms with E-state index in [1.54, 1.807) is 25.5 Å². The minimum Gasteiger partial charge on any atom is -0.461 e. The molecule has 0 bridgehead atoms. The first-order valence-electron chi connectivity index (χ1n) is 4.84. The number of pyridine rings is 1. The Hall–Kier alpha value is -1.75. The van der Waals surface area contributed by atoms with Gasteiger partial charge in [0, 0.05) is 18.6 Å². The molecule has 2 aromatic rings. The number of rotatable bonds is 3. The topological polar surface area (TPSA) is 52.1 Å². The van der Waals surface area contributed by atoms with Crippen LogP contribution in [0.4, 0.5) is 0 Å². The Bertz CT molecular complexity index is 482. The maximum atomic E-state index is 11.4. The molecule has 82 valence electrons. The van der Waals surface area contributed by atoms with Gasteiger partial charge in [-0.3, -0.25) is 4.98 Å². The van der Waals surface area contributed by atoms with Crippen LogP contribution in [0.3, 0.4) is 0 Å². The van der Waals surface area contributed by atoms with Crippen LogP contribution < -0.4 is 0 Å². The minimum atomic E-state index is -0.368. The van der Waals surface area contributed by atoms with Gasteiger partial charge in [-0.1, -0.05) is 0 Å². The Balaban J connectivity index is 2.23. The van der Waals surface area contributed by atoms with Crippen molar-refractivity contribution < 1.29 is 9.53 Å². The van der Waals surface area contributed by atoms with Crippen LogP contribution in [0.2, 0.25) is 0 Å². The lowest BCUT2D eigenvalue weighted by Crippen LogP contribution is -2.03. The number of nitrogens with zero attached hydrogens (tertiary/aromatic N) is 2. The summed E-state index contributed by atoms with van der Waals surface area (Å²) in [5.41, 5.74) is 1.00. The van der Waals surface area contributed by atoms with Crippen LogP contribution in [0, 0.1) is 0 Å². The van der Waals surface area contributed by atoms with Crippen molar-refractivity contribution in [2.75, 3.05) is 6.61 Å². The summed E-state index contributed by atoms with van der Waals surface area (Å²) >= 11 is 1.32. The van der Waals surface area contributed by atoms with Gasteiger partial charge in [-0.05, 0) is 24.6 Å². The van der Waals surface area contributed by atoms with E-state index < -0.39 is 0 Å². The summed E-state index contributed by atoms with van der Waals surface area (Å²) in [5.74, 6) is -0.368. The molecule has 0 aliphatic carbocycles. The minimum absolute atomic E-state index is 0.364. The molecule has 0 saturated heterocycles. The van der Waals surface area contributed by atoms with Gasteiger partial charge in [0.25, 0.3) is 0 Å². The first-order chi connectivity index (χ1) is 7.81. The van der Waals surface area contributed by atoms with E-state index in [0.29, 0.717) is 11.6 Å². The van der Waals surface area contributed by atoms with Crippen molar-refractivity contribution in [1.82, 2.24) is 9.97 Å². The number of hydrogen-bond acceptors (Lipinski definition) is 5. The first-order valence-corrected chi connectivity index (χ1v) is 5.66. The van der Waals surface area contributed by atoms with E-state index in [2.05, 4.69) is 9.97 Å². The van der Waals surface area contributed by atoms with Gasteiger partial charge in [0.15, 0.2) is 0 Å². The second-order valence-electron chi connectivity index (χ2n) is 2.99. The van der Waals surface area contributed by atoms with Crippen molar-refractivity contribution in [3.63, 3.8) is 0 Å². The SMILES string of the molecule is CCOC(=O)c1ncc(-c2ccncc2)s1. The summed E-state index contributed by atoms with van der Waals surface area (Å²) in [7, 11) is 0. The van der Waals surface area contributed by atoms with E-state index in [1.807, 2.05) is 12.1 Å². The van der Waals surface area contributed by atoms with Crippen LogP contribution in [-0.4, -0.2) is 22.5 Å². The lowest BCUT2D eigenvalue weighted by Gasteiger charge is -1.96. The highest BCUT2D eigenvalue weighted by Gasteiger charge is 2.12. The Morgan fingerprint density at radius 1 is 1.44 bits per heavy atom. The molecule has 0 aliphatic heterocycles. The summed E-state index contributed by atoms with van der Waals surface area (Å²) in [6, 6.07) is 3.75. The lowest BCUT2D eigenvalue weighted by molar-refractivity contribution is 0.0526. The van der Waals surface area contributed by atoms with Crippen molar-refractivity contribution in [2.24, 2.45) is 0 Å². The lowest BCUT2D eigenvalue weighted by atomic mass is 10.2. The van der Waals surface area contributed by atoms with Crippen molar-refractivity contribution in [1.29, 1.82) is 0 Å². The number of ether oxygens (including phenoxy) is 1. The van der Waals surface area contributed by atoms with Crippen LogP contribution in [0.5, 0.6) is 0 Å². The quantitative estimate of drug-likeness (QED) is 0.765. The Morgan fingerprint density at radius 2 is 2.19 bits per heavy atom. The normalized spacial score (nSPS) is 10.1. The molecule has 0 N–H and O–H groups in total. The molecule has 0 unspecified atom stereocenters. The molecule has 2 heterocycles. The van der Waals surface area contributed by atoms with Crippen LogP contribution in [0.1, 0.15) is 16.7 Å². The molecule has 0 spiro atoms. The summed E-state index contributed by atoms with van der Waals surface area (Å²) < 4.78 is 4.87. The smallest absolute Gasteiger partial charge is 0.367 e. The van der Waals surface area contributed by atoms with Crippen LogP contribution in [0.15, 0.2) is 30.7 Å². The highest BCUT2D eigenvalue weighted by Crippen LogP contribution is 2.25. The number of carbonyl (C=O) groups is 1. The molecule has 2 aromatic heterocycles. The summed E-state index contributed by atoms with van der Waals surface area (Å²) in [6.07, 6.45) is 5.09. The van der Waals surface area contributed by atoms with E-state index in [-0.39, 0.29) is 5.97 Å². The van der Waals surface area contributed by atoms with Gasteiger partial charge in [0.1, 0.15) is 0 Å². The average Bonchev–Trinajstić information content (AvgIpc) is 2.80. The largest absolute Gasteiger partial charge is 0.461 e. The van der Waals surface area contributed by atoms with Gasteiger partial charge >= 0.3 is 5.97 Å². The molecule has 5 heteroatoms. The van der Waals surface area contributed by atoms with Gasteiger partial charge < -0.3 is 4.74 Å². The number of thiazole rings is 1. The molecular weight excluding hydrogens is 224 g/mol. The maximum absolute atomic E-state index is 11.4. The fourth-order valence-corrected chi connectivity index (χ4v) is 2.03. The number of aromatic nitrogens is 2. The zero-order valence-electron chi connectivity index (χ0n) is 8.71. The van der Waals surface area contributed by atoms with Crippen LogP contribution in [-0.2, 0) is 4.74 Å². The van der Waals surface area contributed by atoms with Crippen molar-refractivity contribution in [3.05, 3.63) is 35.7 Å². The van der Waals surface area contributed by atoms with Gasteiger partial charge in [-0.15, -0.1) is 11.3 Å². The molecule has 16 heavy (non-hydrogen) atoms. The van der Waals surface area contributed by atoms with Gasteiger partial charge in [0.2, 0.25) is 5.01 Å². The summed E-state index contributed by atoms with van der Waals surface area (Å²) in [4.78, 5) is 20.3. The van der Waals surface area contributed by atoms with E-state index in [9.17, 15) is 4.79 Å². The predicted molar refractivity (Wildman–Crippen MR) is 61.3 cm³/mol. The second-order valence-corrected chi connectivity index (χ2v) is 4.02. The predicted octanol–water partition coefficient (Wildman–Crippen LogP) is 2.38. The van der Waals surface area contributed by atoms with E-state index in [4.69, 9.17) is 4.74 Å². The average molecular weight is 234 g/mol. The Labute approximate surface area is 96.9 Å². The molecular formula is C11H10N2O2S. The molecule has 0 aromatic carbocycles. The fraction of sp³-hybridized carbons (Fsp3) is 0.182. The maximum Gasteiger partial charge on any atom is 0.367 e. The molecule has 0 atom stereocenters. The molecule has 2 rings (SSSR count). The third-order valence-corrected chi connectivity index (χ3v) is 2.95. The standard InChI is InChI=1S/C11H10N2O2S/c1-2-15-11(14)10-13-7-9(16-10)8-3-5-12-6-4-8/h3-7H,2H2,1H3. The highest BCUT2D eigenvalue weighted by atomic mass is 32.1. The van der Waals surface area contributed by atoms with E-state index >= 15 is 0 Å². The number of hydrogen-bond donors (Lipinski definition) is 0. The molecule has 4 nitrogen and oxygen atoms in total. The van der Waals surface area contributed by atoms with Gasteiger partial charge in [-0.2, -0.15) is 0 Å². The fourth-order valence-electron chi connectivity index (χ4n) is 1.21. The van der Waals surface area contributed by atoms with E-state index in [1.165, 1.54) is 11.3 Å². The zero-order valence-corrected chi connectivity index (χ0v) is 9.53. The molecule has 0 fully saturated rings. The van der Waals surface area contributed by atoms with Crippen molar-refractivity contribution in [2.45, 2.75) is 6.92 Å². The van der Waals surface area contributed by atoms with Crippen LogP contribution in [0.25, 0.3) is 10.4 Å². The molecule has 0 saturated carbocycles. The first kappa shape index (κ1) is 10.8. The highest BCUT2D eigenvalue weighted by molar-refractivity contribution is 7.16. The Kier molecular flexibility index (Phi) is 3.26. The van der Waals surface area contributed by atoms with Gasteiger partial charge in [0.05, 0.1) is 11.5 Å². The third-order valence-electron chi connectivity index (χ3n) is 1.92. The van der Waals surface area contributed by atoms with Crippen molar-refractivity contribution in [3.8, 4) is 10.4 Å². The number of carbonyl (C=O) groups excluding carboxylic acids is 1. The Morgan fingerprint density at radius 3 is 2.88 bits per heavy atom. The number of esters is 1. The zero-order chi connectivity index (χ0) is 11.4. The van der Waals surface area contributed by atoms with Crippen molar-refractivity contribution >= 4 is 17.3 Å². The van der Waals surface area contributed by atoms with Crippen LogP contribution >= 0.6 is 11.3 Å². The van der Waals surface area contributed by atoms with Gasteiger partial charge in [-0.25, -0.2) is 9.78 Å². The summed E-state index contributed by atoms with van der Waals surface area (Å²) in [6.45, 7) is 2.14. The third kappa shape index (κ3) is 2.25. The molecule has 0 amide bonds. The summed E-state index contributed by atoms with van der Waals surface area (Å²) in [5, 5.41) is 0.383. The second kappa shape index (κ2) is 4.85. The molecule has 0 radical (unpaired) electrons. The monoisotopic (exact) mass is 234 g/mol. The van der Waals surface area contributed by atoms with E-state index in [0.717, 1.165) is 10.4 Å².